The van der Waals surface area contributed by atoms with E-state index in [0.29, 0.717) is 0 Å². The van der Waals surface area contributed by atoms with Gasteiger partial charge in [0.05, 0.1) is 12.0 Å². The van der Waals surface area contributed by atoms with Gasteiger partial charge in [0.1, 0.15) is 11.6 Å². The van der Waals surface area contributed by atoms with Crippen LogP contribution in [0.25, 0.3) is 11.1 Å². The molecule has 3 aromatic rings. The second-order valence-corrected chi connectivity index (χ2v) is 7.78. The van der Waals surface area contributed by atoms with Gasteiger partial charge in [0.2, 0.25) is 0 Å². The Hall–Kier alpha value is -2.89. The van der Waals surface area contributed by atoms with Crippen LogP contribution in [-0.4, -0.2) is 6.11 Å². The molecule has 170 valence electrons. The van der Waals surface area contributed by atoms with E-state index in [-0.39, 0.29) is 16.9 Å². The van der Waals surface area contributed by atoms with Crippen molar-refractivity contribution in [2.45, 2.75) is 52.1 Å². The quantitative estimate of drug-likeness (QED) is 0.299. The van der Waals surface area contributed by atoms with Crippen LogP contribution in [0.1, 0.15) is 48.4 Å². The summed E-state index contributed by atoms with van der Waals surface area (Å²) in [7, 11) is 0. The Balaban J connectivity index is 1.65. The minimum atomic E-state index is -3.58. The predicted molar refractivity (Wildman–Crippen MR) is 116 cm³/mol. The maximum absolute atomic E-state index is 14.3. The number of aryl methyl sites for hydroxylation is 3. The van der Waals surface area contributed by atoms with Gasteiger partial charge in [-0.1, -0.05) is 61.9 Å². The minimum absolute atomic E-state index is 0.0287. The zero-order valence-corrected chi connectivity index (χ0v) is 18.0. The van der Waals surface area contributed by atoms with E-state index in [4.69, 9.17) is 4.74 Å². The Morgan fingerprint density at radius 1 is 0.844 bits per heavy atom. The summed E-state index contributed by atoms with van der Waals surface area (Å²) < 4.78 is 73.8. The number of ether oxygens (including phenoxy) is 1. The van der Waals surface area contributed by atoms with Crippen LogP contribution in [0.2, 0.25) is 0 Å². The van der Waals surface area contributed by atoms with Gasteiger partial charge in [0.25, 0.3) is 6.43 Å². The highest BCUT2D eigenvalue weighted by molar-refractivity contribution is 5.64. The molecule has 0 radical (unpaired) electrons. The topological polar surface area (TPSA) is 9.23 Å². The summed E-state index contributed by atoms with van der Waals surface area (Å²) in [6.45, 7) is 3.47. The molecule has 0 aliphatic heterocycles. The first-order valence-electron chi connectivity index (χ1n) is 10.5. The lowest BCUT2D eigenvalue weighted by atomic mass is 10.0. The van der Waals surface area contributed by atoms with E-state index in [0.717, 1.165) is 24.0 Å². The highest BCUT2D eigenvalue weighted by Gasteiger charge is 2.32. The Morgan fingerprint density at radius 2 is 1.44 bits per heavy atom. The molecule has 0 aliphatic carbocycles. The second-order valence-electron chi connectivity index (χ2n) is 7.78. The number of hydrogen-bond acceptors (Lipinski definition) is 1. The fourth-order valence-electron chi connectivity index (χ4n) is 3.57. The summed E-state index contributed by atoms with van der Waals surface area (Å²) in [5.74, 6) is -1.16. The monoisotopic (exact) mass is 448 g/mol. The molecule has 0 spiro atoms. The molecule has 0 aromatic heterocycles. The van der Waals surface area contributed by atoms with Crippen LogP contribution in [0.4, 0.5) is 22.0 Å². The molecular weight excluding hydrogens is 423 g/mol. The maximum Gasteiger partial charge on any atom is 0.398 e. The molecule has 0 amide bonds. The van der Waals surface area contributed by atoms with Crippen molar-refractivity contribution in [3.05, 3.63) is 88.7 Å². The van der Waals surface area contributed by atoms with Gasteiger partial charge in [-0.3, -0.25) is 0 Å². The molecule has 0 aliphatic rings. The maximum atomic E-state index is 14.3. The number of alkyl halides is 4. The van der Waals surface area contributed by atoms with Crippen LogP contribution >= 0.6 is 0 Å². The summed E-state index contributed by atoms with van der Waals surface area (Å²) in [5.41, 5.74) is 2.23. The van der Waals surface area contributed by atoms with Gasteiger partial charge in [0, 0.05) is 0 Å². The van der Waals surface area contributed by atoms with E-state index >= 15 is 0 Å². The molecular formula is C26H25F5O. The van der Waals surface area contributed by atoms with Crippen molar-refractivity contribution >= 4 is 0 Å². The zero-order valence-electron chi connectivity index (χ0n) is 18.0. The largest absolute Gasteiger partial charge is 0.433 e. The molecule has 0 N–H and O–H groups in total. The third-order valence-corrected chi connectivity index (χ3v) is 5.33. The normalized spacial score (nSPS) is 11.8. The van der Waals surface area contributed by atoms with Gasteiger partial charge in [-0.25, -0.2) is 13.2 Å². The van der Waals surface area contributed by atoms with Crippen molar-refractivity contribution in [2.75, 3.05) is 0 Å². The summed E-state index contributed by atoms with van der Waals surface area (Å²) >= 11 is 0. The Labute approximate surface area is 184 Å². The molecule has 0 fully saturated rings. The zero-order chi connectivity index (χ0) is 23.3. The van der Waals surface area contributed by atoms with Gasteiger partial charge in [-0.15, -0.1) is 0 Å². The first-order chi connectivity index (χ1) is 15.2. The van der Waals surface area contributed by atoms with Gasteiger partial charge in [-0.05, 0) is 59.7 Å². The van der Waals surface area contributed by atoms with Crippen molar-refractivity contribution in [1.29, 1.82) is 0 Å². The van der Waals surface area contributed by atoms with E-state index in [1.807, 2.05) is 24.3 Å². The van der Waals surface area contributed by atoms with E-state index in [1.54, 1.807) is 12.1 Å². The fraction of sp³-hybridized carbons (Fsp3) is 0.308. The highest BCUT2D eigenvalue weighted by Crippen LogP contribution is 2.32. The third kappa shape index (κ3) is 5.87. The average Bonchev–Trinajstić information content (AvgIpc) is 2.74. The van der Waals surface area contributed by atoms with Crippen LogP contribution in [0.15, 0.2) is 60.7 Å². The van der Waals surface area contributed by atoms with Gasteiger partial charge < -0.3 is 4.74 Å². The standard InChI is InChI=1S/C26H25F5O/c1-3-4-18-6-9-19(10-7-18)20-11-13-22(14-12-20)32-26(30,31)16-15-21-8-5-17(2)23(24(21)27)25(28)29/h5-14,25H,3-4,15-16H2,1-2H3. The SMILES string of the molecule is CCCc1ccc(-c2ccc(OC(F)(F)CCc3ccc(C)c(C(F)F)c3F)cc2)cc1. The van der Waals surface area contributed by atoms with Crippen LogP contribution in [0, 0.1) is 12.7 Å². The lowest BCUT2D eigenvalue weighted by Gasteiger charge is -2.19. The fourth-order valence-corrected chi connectivity index (χ4v) is 3.57. The van der Waals surface area contributed by atoms with Crippen LogP contribution in [0.5, 0.6) is 5.75 Å². The first kappa shape index (κ1) is 23.8. The molecule has 0 heterocycles. The molecule has 0 atom stereocenters. The second kappa shape index (κ2) is 10.2. The Morgan fingerprint density at radius 3 is 2.00 bits per heavy atom. The number of benzene rings is 3. The Bertz CT molecular complexity index is 1030. The Kier molecular flexibility index (Phi) is 7.54. The van der Waals surface area contributed by atoms with Crippen LogP contribution < -0.4 is 4.74 Å². The summed E-state index contributed by atoms with van der Waals surface area (Å²) in [5, 5.41) is 0. The summed E-state index contributed by atoms with van der Waals surface area (Å²) in [4.78, 5) is 0. The van der Waals surface area contributed by atoms with Crippen molar-refractivity contribution in [3.63, 3.8) is 0 Å². The molecule has 0 saturated heterocycles. The van der Waals surface area contributed by atoms with E-state index in [1.165, 1.54) is 36.8 Å². The first-order valence-corrected chi connectivity index (χ1v) is 10.5. The highest BCUT2D eigenvalue weighted by atomic mass is 19.3. The van der Waals surface area contributed by atoms with E-state index < -0.39 is 36.8 Å². The molecule has 0 saturated carbocycles. The van der Waals surface area contributed by atoms with Crippen molar-refractivity contribution < 1.29 is 26.7 Å². The molecule has 3 aromatic carbocycles. The molecule has 32 heavy (non-hydrogen) atoms. The lowest BCUT2D eigenvalue weighted by molar-refractivity contribution is -0.180. The van der Waals surface area contributed by atoms with Crippen molar-refractivity contribution in [2.24, 2.45) is 0 Å². The molecule has 6 heteroatoms. The molecule has 1 nitrogen and oxygen atoms in total. The molecule has 3 rings (SSSR count). The number of halogens is 5. The third-order valence-electron chi connectivity index (χ3n) is 5.33. The van der Waals surface area contributed by atoms with Gasteiger partial charge in [0.15, 0.2) is 0 Å². The van der Waals surface area contributed by atoms with E-state index in [2.05, 4.69) is 6.92 Å². The number of rotatable bonds is 9. The van der Waals surface area contributed by atoms with Crippen LogP contribution in [0.3, 0.4) is 0 Å². The average molecular weight is 448 g/mol. The van der Waals surface area contributed by atoms with Gasteiger partial charge in [-0.2, -0.15) is 8.78 Å². The minimum Gasteiger partial charge on any atom is -0.433 e. The number of hydrogen-bond donors (Lipinski definition) is 0. The van der Waals surface area contributed by atoms with Crippen LogP contribution in [-0.2, 0) is 12.8 Å². The summed E-state index contributed by atoms with van der Waals surface area (Å²) in [6.07, 6.45) is -5.79. The lowest BCUT2D eigenvalue weighted by Crippen LogP contribution is -2.25. The van der Waals surface area contributed by atoms with Crippen molar-refractivity contribution in [3.8, 4) is 16.9 Å². The molecule has 0 unspecified atom stereocenters. The smallest absolute Gasteiger partial charge is 0.398 e. The molecule has 0 bridgehead atoms. The van der Waals surface area contributed by atoms with Crippen molar-refractivity contribution in [1.82, 2.24) is 0 Å². The summed E-state index contributed by atoms with van der Waals surface area (Å²) in [6, 6.07) is 16.9. The predicted octanol–water partition coefficient (Wildman–Crippen LogP) is 8.30. The van der Waals surface area contributed by atoms with E-state index in [9.17, 15) is 22.0 Å². The van der Waals surface area contributed by atoms with Gasteiger partial charge >= 0.3 is 6.11 Å².